The number of ether oxygens (including phenoxy) is 2. The maximum atomic E-state index is 14.1. The van der Waals surface area contributed by atoms with Crippen LogP contribution in [0, 0.1) is 17.7 Å². The van der Waals surface area contributed by atoms with Crippen molar-refractivity contribution in [1.29, 1.82) is 0 Å². The molecule has 0 spiro atoms. The first-order valence-corrected chi connectivity index (χ1v) is 18.1. The van der Waals surface area contributed by atoms with Crippen molar-refractivity contribution >= 4 is 41.3 Å². The molecule has 2 aliphatic heterocycles. The highest BCUT2D eigenvalue weighted by molar-refractivity contribution is 5.91. The second-order valence-corrected chi connectivity index (χ2v) is 14.7. The van der Waals surface area contributed by atoms with Crippen molar-refractivity contribution in [3.63, 3.8) is 0 Å². The number of primary amides is 1. The molecule has 5 atom stereocenters. The van der Waals surface area contributed by atoms with Crippen molar-refractivity contribution in [2.24, 2.45) is 17.6 Å². The van der Waals surface area contributed by atoms with Crippen LogP contribution in [-0.2, 0) is 19.1 Å². The van der Waals surface area contributed by atoms with Gasteiger partial charge < -0.3 is 40.7 Å². The number of nitrogens with two attached hydrogens (primary N) is 1. The second-order valence-electron chi connectivity index (χ2n) is 14.7. The molecule has 2 aromatic rings. The molecule has 3 aliphatic rings. The number of aliphatic carboxylic acids is 1. The molecule has 5 N–H and O–H groups in total. The Hall–Kier alpha value is -4.95. The lowest BCUT2D eigenvalue weighted by molar-refractivity contribution is -0.139. The number of alkyl carbamates (subject to hydrolysis) is 1. The van der Waals surface area contributed by atoms with Gasteiger partial charge in [0.1, 0.15) is 35.4 Å². The van der Waals surface area contributed by atoms with Gasteiger partial charge in [-0.1, -0.05) is 25.0 Å². The summed E-state index contributed by atoms with van der Waals surface area (Å²) in [5.41, 5.74) is 5.60. The number of rotatable bonds is 16. The highest BCUT2D eigenvalue weighted by Gasteiger charge is 2.43. The summed E-state index contributed by atoms with van der Waals surface area (Å²) in [6.07, 6.45) is 8.72. The molecule has 0 bridgehead atoms. The summed E-state index contributed by atoms with van der Waals surface area (Å²) < 4.78 is 25.3. The molecule has 3 amide bonds. The van der Waals surface area contributed by atoms with Crippen molar-refractivity contribution in [1.82, 2.24) is 20.2 Å². The van der Waals surface area contributed by atoms with Gasteiger partial charge in [-0.3, -0.25) is 14.4 Å². The number of aromatic nitrogens is 2. The molecule has 52 heavy (non-hydrogen) atoms. The Morgan fingerprint density at radius 2 is 1.81 bits per heavy atom. The summed E-state index contributed by atoms with van der Waals surface area (Å²) in [4.78, 5) is 63.3. The third-order valence-electron chi connectivity index (χ3n) is 9.27. The average Bonchev–Trinajstić information content (AvgIpc) is 3.43. The number of allylic oxidation sites excluding steroid dienone is 2. The number of carboxylic acids is 1. The quantitative estimate of drug-likeness (QED) is 0.136. The van der Waals surface area contributed by atoms with Crippen LogP contribution in [0.25, 0.3) is 0 Å². The summed E-state index contributed by atoms with van der Waals surface area (Å²) >= 11 is 0. The molecule has 5 rings (SSSR count). The second kappa shape index (κ2) is 17.0. The van der Waals surface area contributed by atoms with Gasteiger partial charge in [-0.25, -0.2) is 9.18 Å². The van der Waals surface area contributed by atoms with Crippen LogP contribution in [-0.4, -0.2) is 87.3 Å². The van der Waals surface area contributed by atoms with Crippen LogP contribution in [0.2, 0.25) is 0 Å². The number of hydrogen-bond donors (Lipinski definition) is 4. The first-order chi connectivity index (χ1) is 24.8. The molecule has 1 saturated carbocycles. The van der Waals surface area contributed by atoms with E-state index in [1.165, 1.54) is 17.0 Å². The van der Waals surface area contributed by atoms with Crippen molar-refractivity contribution < 1.29 is 38.1 Å². The first kappa shape index (κ1) is 38.3. The lowest BCUT2D eigenvalue weighted by Gasteiger charge is -2.28. The maximum Gasteiger partial charge on any atom is 0.408 e. The Morgan fingerprint density at radius 1 is 1.08 bits per heavy atom. The highest BCUT2D eigenvalue weighted by Crippen LogP contribution is 2.39. The molecule has 1 aliphatic carbocycles. The molecule has 1 unspecified atom stereocenters. The predicted molar refractivity (Wildman–Crippen MR) is 192 cm³/mol. The number of nitrogens with one attached hydrogen (secondary N) is 2. The number of carbonyl (C=O) groups excluding carboxylic acids is 3. The molecule has 0 radical (unpaired) electrons. The number of likely N-dealkylation sites (tertiary alicyclic amines) is 1. The highest BCUT2D eigenvalue weighted by atomic mass is 19.1. The number of benzene rings is 1. The van der Waals surface area contributed by atoms with Crippen LogP contribution >= 0.6 is 0 Å². The Morgan fingerprint density at radius 3 is 2.46 bits per heavy atom. The van der Waals surface area contributed by atoms with E-state index in [1.807, 2.05) is 12.2 Å². The topological polar surface area (TPSA) is 189 Å². The van der Waals surface area contributed by atoms with Gasteiger partial charge in [-0.15, -0.1) is 0 Å². The zero-order valence-electron chi connectivity index (χ0n) is 30.1. The Bertz CT molecular complexity index is 1610. The van der Waals surface area contributed by atoms with Crippen LogP contribution in [0.1, 0.15) is 78.6 Å². The minimum Gasteiger partial charge on any atom is -0.481 e. The van der Waals surface area contributed by atoms with Crippen LogP contribution in [0.3, 0.4) is 0 Å². The van der Waals surface area contributed by atoms with Crippen molar-refractivity contribution in [3.8, 4) is 5.88 Å². The number of anilines is 3. The Labute approximate surface area is 303 Å². The molecule has 3 heterocycles. The molecule has 1 aromatic heterocycles. The average molecular weight is 724 g/mol. The molecule has 14 nitrogen and oxygen atoms in total. The zero-order valence-corrected chi connectivity index (χ0v) is 30.1. The SMILES string of the molecule is CC(C)(C)OC(=O)N[C@@H](CCCCC/C=C\[C@@H]1C[C@@H]1C(=O)O)C(=O)N1CC(Oc2cc(N3CCCC3)nc(Nc3ccc(F)cc3)n2)C[C@H]1C(N)=O. The third kappa shape index (κ3) is 11.0. The number of nitrogens with zero attached hydrogens (tertiary/aromatic N) is 4. The van der Waals surface area contributed by atoms with E-state index in [2.05, 4.69) is 25.5 Å². The number of carboxylic acid groups (broad SMARTS) is 1. The summed E-state index contributed by atoms with van der Waals surface area (Å²) in [6, 6.07) is 5.59. The summed E-state index contributed by atoms with van der Waals surface area (Å²) in [5, 5.41) is 14.9. The van der Waals surface area contributed by atoms with Gasteiger partial charge >= 0.3 is 12.1 Å². The fourth-order valence-electron chi connectivity index (χ4n) is 6.54. The van der Waals surface area contributed by atoms with E-state index >= 15 is 0 Å². The lowest BCUT2D eigenvalue weighted by Crippen LogP contribution is -2.53. The van der Waals surface area contributed by atoms with E-state index in [0.29, 0.717) is 30.8 Å². The minimum absolute atomic E-state index is 0.0337. The molecule has 15 heteroatoms. The molecular weight excluding hydrogens is 673 g/mol. The van der Waals surface area contributed by atoms with E-state index in [0.717, 1.165) is 45.2 Å². The summed E-state index contributed by atoms with van der Waals surface area (Å²) in [7, 11) is 0. The van der Waals surface area contributed by atoms with Gasteiger partial charge in [0.2, 0.25) is 23.6 Å². The van der Waals surface area contributed by atoms with Crippen LogP contribution < -0.4 is 26.0 Å². The number of carbonyl (C=O) groups is 4. The zero-order chi connectivity index (χ0) is 37.4. The van der Waals surface area contributed by atoms with Crippen molar-refractivity contribution in [2.45, 2.75) is 102 Å². The van der Waals surface area contributed by atoms with E-state index < -0.39 is 47.7 Å². The van der Waals surface area contributed by atoms with Gasteiger partial charge in [-0.2, -0.15) is 9.97 Å². The van der Waals surface area contributed by atoms with Gasteiger partial charge in [-0.05, 0) is 89.5 Å². The summed E-state index contributed by atoms with van der Waals surface area (Å²) in [6.45, 7) is 6.85. The van der Waals surface area contributed by atoms with Crippen LogP contribution in [0.5, 0.6) is 5.88 Å². The Balaban J connectivity index is 1.25. The monoisotopic (exact) mass is 723 g/mol. The molecule has 3 fully saturated rings. The largest absolute Gasteiger partial charge is 0.481 e. The molecule has 1 aromatic carbocycles. The molecule has 282 valence electrons. The smallest absolute Gasteiger partial charge is 0.408 e. The minimum atomic E-state index is -0.973. The van der Waals surface area contributed by atoms with Gasteiger partial charge in [0.15, 0.2) is 0 Å². The van der Waals surface area contributed by atoms with Crippen molar-refractivity contribution in [3.05, 3.63) is 48.3 Å². The first-order valence-electron chi connectivity index (χ1n) is 18.1. The molecule has 2 saturated heterocycles. The normalized spacial score (nSPS) is 21.9. The predicted octanol–water partition coefficient (Wildman–Crippen LogP) is 4.91. The van der Waals surface area contributed by atoms with Crippen molar-refractivity contribution in [2.75, 3.05) is 29.9 Å². The fraction of sp³-hybridized carbons (Fsp3) is 0.568. The van der Waals surface area contributed by atoms with E-state index in [9.17, 15) is 23.6 Å². The Kier molecular flexibility index (Phi) is 12.5. The van der Waals surface area contributed by atoms with E-state index in [1.54, 1.807) is 39.0 Å². The van der Waals surface area contributed by atoms with Gasteiger partial charge in [0.25, 0.3) is 0 Å². The number of hydrogen-bond acceptors (Lipinski definition) is 10. The van der Waals surface area contributed by atoms with Crippen LogP contribution in [0.15, 0.2) is 42.5 Å². The molecular formula is C37H50FN7O7. The number of halogens is 1. The lowest BCUT2D eigenvalue weighted by atomic mass is 10.0. The maximum absolute atomic E-state index is 14.1. The number of amides is 3. The van der Waals surface area contributed by atoms with E-state index in [-0.39, 0.29) is 42.4 Å². The third-order valence-corrected chi connectivity index (χ3v) is 9.27. The number of unbranched alkanes of at least 4 members (excludes halogenated alkanes) is 3. The van der Waals surface area contributed by atoms with E-state index in [4.69, 9.17) is 20.3 Å². The fourth-order valence-corrected chi connectivity index (χ4v) is 6.54. The van der Waals surface area contributed by atoms with Crippen LogP contribution in [0.4, 0.5) is 26.6 Å². The van der Waals surface area contributed by atoms with Gasteiger partial charge in [0.05, 0.1) is 12.5 Å². The van der Waals surface area contributed by atoms with Gasteiger partial charge in [0, 0.05) is 31.3 Å². The standard InChI is InChI=1S/C37H50FN7O7/c1-37(2,3)52-36(50)41-28(12-8-6-4-5-7-11-23-19-27(23)34(48)49)33(47)45-22-26(20-29(45)32(39)46)51-31-21-30(44-17-9-10-18-44)42-35(43-31)40-25-15-13-24(38)14-16-25/h7,11,13-16,21,23,26-29H,4-6,8-10,12,17-20,22H2,1-3H3,(H2,39,46)(H,41,50)(H,48,49)(H,40,42,43)/b11-7-/t23-,26?,27+,28+,29+/m1/s1. The summed E-state index contributed by atoms with van der Waals surface area (Å²) in [5.74, 6) is -1.33.